The third kappa shape index (κ3) is 3.53. The maximum atomic E-state index is 13.7. The van der Waals surface area contributed by atoms with Crippen LogP contribution in [0.5, 0.6) is 0 Å². The molecule has 0 atom stereocenters. The lowest BCUT2D eigenvalue weighted by molar-refractivity contribution is 0.101. The van der Waals surface area contributed by atoms with Crippen molar-refractivity contribution < 1.29 is 9.18 Å². The summed E-state index contributed by atoms with van der Waals surface area (Å²) in [6, 6.07) is 13.9. The highest BCUT2D eigenvalue weighted by molar-refractivity contribution is 6.00. The van der Waals surface area contributed by atoms with Gasteiger partial charge >= 0.3 is 0 Å². The van der Waals surface area contributed by atoms with Crippen LogP contribution in [-0.4, -0.2) is 31.5 Å². The van der Waals surface area contributed by atoms with Crippen LogP contribution >= 0.6 is 0 Å². The molecule has 32 heavy (non-hydrogen) atoms. The van der Waals surface area contributed by atoms with E-state index in [0.717, 1.165) is 22.4 Å². The second kappa shape index (κ2) is 8.15. The normalized spacial score (nSPS) is 18.7. The van der Waals surface area contributed by atoms with Gasteiger partial charge in [-0.15, -0.1) is 0 Å². The molecule has 1 aliphatic rings. The Morgan fingerprint density at radius 3 is 2.44 bits per heavy atom. The fraction of sp³-hybridized carbons (Fsp3) is 0.280. The van der Waals surface area contributed by atoms with E-state index >= 15 is 0 Å². The zero-order chi connectivity index (χ0) is 22.2. The summed E-state index contributed by atoms with van der Waals surface area (Å²) in [5, 5.41) is 4.41. The molecule has 1 saturated carbocycles. The van der Waals surface area contributed by atoms with Gasteiger partial charge in [0, 0.05) is 28.8 Å². The number of fused-ring (bicyclic) bond motifs is 1. The standard InChI is InChI=1S/C25H24FN5O/c1-15(32)22-23(17-7-10-19(26)11-8-17)30-25-20(14-29-31(25)24(22)27)18-9-12-21(28-13-18)16-5-3-2-4-6-16/h2-6,9,12-14,17,19H,7-8,10-11,27H2,1H3. The fourth-order valence-corrected chi connectivity index (χ4v) is 4.55. The van der Waals surface area contributed by atoms with Gasteiger partial charge < -0.3 is 5.73 Å². The van der Waals surface area contributed by atoms with E-state index in [4.69, 9.17) is 10.7 Å². The Bertz CT molecular complexity index is 1280. The first-order valence-electron chi connectivity index (χ1n) is 10.9. The second-order valence-corrected chi connectivity index (χ2v) is 8.35. The largest absolute Gasteiger partial charge is 0.383 e. The molecule has 4 aromatic rings. The summed E-state index contributed by atoms with van der Waals surface area (Å²) in [5.74, 6) is 0.134. The van der Waals surface area contributed by atoms with Gasteiger partial charge in [-0.3, -0.25) is 9.78 Å². The average Bonchev–Trinajstić information content (AvgIpc) is 3.24. The number of benzene rings is 1. The molecule has 6 nitrogen and oxygen atoms in total. The Hall–Kier alpha value is -3.61. The number of carbonyl (C=O) groups is 1. The Morgan fingerprint density at radius 1 is 1.03 bits per heavy atom. The van der Waals surface area contributed by atoms with Crippen molar-refractivity contribution in [3.63, 3.8) is 0 Å². The van der Waals surface area contributed by atoms with Gasteiger partial charge in [-0.2, -0.15) is 9.61 Å². The number of alkyl halides is 1. The molecule has 3 aromatic heterocycles. The van der Waals surface area contributed by atoms with E-state index in [-0.39, 0.29) is 17.5 Å². The highest BCUT2D eigenvalue weighted by atomic mass is 19.1. The Kier molecular flexibility index (Phi) is 5.17. The van der Waals surface area contributed by atoms with Crippen LogP contribution in [0, 0.1) is 0 Å². The average molecular weight is 429 g/mol. The highest BCUT2D eigenvalue weighted by Crippen LogP contribution is 2.38. The first-order chi connectivity index (χ1) is 15.5. The zero-order valence-electron chi connectivity index (χ0n) is 17.8. The van der Waals surface area contributed by atoms with Crippen molar-refractivity contribution in [1.82, 2.24) is 19.6 Å². The topological polar surface area (TPSA) is 86.2 Å². The number of aromatic nitrogens is 4. The predicted octanol–water partition coefficient (Wildman–Crippen LogP) is 5.24. The summed E-state index contributed by atoms with van der Waals surface area (Å²) >= 11 is 0. The summed E-state index contributed by atoms with van der Waals surface area (Å²) in [4.78, 5) is 21.9. The van der Waals surface area contributed by atoms with E-state index in [1.165, 1.54) is 11.4 Å². The van der Waals surface area contributed by atoms with E-state index in [9.17, 15) is 9.18 Å². The highest BCUT2D eigenvalue weighted by Gasteiger charge is 2.29. The van der Waals surface area contributed by atoms with Crippen LogP contribution in [0.2, 0.25) is 0 Å². The number of halogens is 1. The third-order valence-electron chi connectivity index (χ3n) is 6.25. The lowest BCUT2D eigenvalue weighted by Gasteiger charge is -2.25. The predicted molar refractivity (Wildman–Crippen MR) is 122 cm³/mol. The molecular formula is C25H24FN5O. The van der Waals surface area contributed by atoms with Gasteiger partial charge in [0.2, 0.25) is 0 Å². The number of pyridine rings is 1. The van der Waals surface area contributed by atoms with Crippen LogP contribution in [-0.2, 0) is 0 Å². The van der Waals surface area contributed by atoms with Gasteiger partial charge in [0.05, 0.1) is 23.1 Å². The Labute approximate surface area is 185 Å². The summed E-state index contributed by atoms with van der Waals surface area (Å²) in [5.41, 5.74) is 11.6. The number of hydrogen-bond donors (Lipinski definition) is 1. The van der Waals surface area contributed by atoms with Gasteiger partial charge in [0.1, 0.15) is 12.0 Å². The summed E-state index contributed by atoms with van der Waals surface area (Å²) < 4.78 is 15.2. The smallest absolute Gasteiger partial charge is 0.165 e. The minimum Gasteiger partial charge on any atom is -0.383 e. The number of nitrogens with two attached hydrogens (primary N) is 1. The van der Waals surface area contributed by atoms with Gasteiger partial charge in [-0.1, -0.05) is 36.4 Å². The number of ketones is 1. The summed E-state index contributed by atoms with van der Waals surface area (Å²) in [6.07, 6.45) is 4.97. The summed E-state index contributed by atoms with van der Waals surface area (Å²) in [7, 11) is 0. The minimum atomic E-state index is -0.784. The van der Waals surface area contributed by atoms with Crippen LogP contribution in [0.4, 0.5) is 10.2 Å². The van der Waals surface area contributed by atoms with Crippen molar-refractivity contribution in [2.24, 2.45) is 0 Å². The van der Waals surface area contributed by atoms with Crippen molar-refractivity contribution in [3.8, 4) is 22.4 Å². The first kappa shape index (κ1) is 20.3. The van der Waals surface area contributed by atoms with E-state index < -0.39 is 6.17 Å². The SMILES string of the molecule is CC(=O)c1c(C2CCC(F)CC2)nc2c(-c3ccc(-c4ccccc4)nc3)cnn2c1N. The summed E-state index contributed by atoms with van der Waals surface area (Å²) in [6.45, 7) is 1.49. The molecule has 0 amide bonds. The number of carbonyl (C=O) groups excluding carboxylic acids is 1. The maximum absolute atomic E-state index is 13.7. The number of nitrogen functional groups attached to an aromatic ring is 1. The Balaban J connectivity index is 1.60. The number of rotatable bonds is 4. The van der Waals surface area contributed by atoms with E-state index in [0.29, 0.717) is 42.6 Å². The number of Topliss-reactive ketones (excluding diaryl/α,β-unsaturated/α-hetero) is 1. The van der Waals surface area contributed by atoms with Gasteiger partial charge in [-0.05, 0) is 38.7 Å². The number of anilines is 1. The van der Waals surface area contributed by atoms with E-state index in [1.54, 1.807) is 12.4 Å². The van der Waals surface area contributed by atoms with Crippen molar-refractivity contribution in [2.45, 2.75) is 44.7 Å². The van der Waals surface area contributed by atoms with E-state index in [2.05, 4.69) is 10.1 Å². The molecule has 2 N–H and O–H groups in total. The van der Waals surface area contributed by atoms with Crippen LogP contribution in [0.15, 0.2) is 54.9 Å². The molecule has 0 aliphatic heterocycles. The molecule has 0 spiro atoms. The van der Waals surface area contributed by atoms with Crippen LogP contribution in [0.1, 0.15) is 54.6 Å². The van der Waals surface area contributed by atoms with Crippen LogP contribution < -0.4 is 5.73 Å². The molecule has 1 fully saturated rings. The number of hydrogen-bond acceptors (Lipinski definition) is 5. The van der Waals surface area contributed by atoms with Crippen molar-refractivity contribution >= 4 is 17.2 Å². The quantitative estimate of drug-likeness (QED) is 0.449. The zero-order valence-corrected chi connectivity index (χ0v) is 17.8. The van der Waals surface area contributed by atoms with Crippen molar-refractivity contribution in [1.29, 1.82) is 0 Å². The molecule has 0 bridgehead atoms. The van der Waals surface area contributed by atoms with Gasteiger partial charge in [0.15, 0.2) is 11.4 Å². The van der Waals surface area contributed by atoms with Gasteiger partial charge in [-0.25, -0.2) is 9.37 Å². The molecule has 0 saturated heterocycles. The lowest BCUT2D eigenvalue weighted by Crippen LogP contribution is -2.20. The third-order valence-corrected chi connectivity index (χ3v) is 6.25. The molecule has 1 aromatic carbocycles. The minimum absolute atomic E-state index is 0.00883. The maximum Gasteiger partial charge on any atom is 0.165 e. The Morgan fingerprint density at radius 2 is 1.78 bits per heavy atom. The molecule has 5 rings (SSSR count). The second-order valence-electron chi connectivity index (χ2n) is 8.35. The van der Waals surface area contributed by atoms with Crippen molar-refractivity contribution in [2.75, 3.05) is 5.73 Å². The molecule has 1 aliphatic carbocycles. The molecule has 3 heterocycles. The van der Waals surface area contributed by atoms with E-state index in [1.807, 2.05) is 42.5 Å². The monoisotopic (exact) mass is 429 g/mol. The molecule has 162 valence electrons. The number of nitrogens with zero attached hydrogens (tertiary/aromatic N) is 4. The fourth-order valence-electron chi connectivity index (χ4n) is 4.55. The lowest BCUT2D eigenvalue weighted by atomic mass is 9.83. The van der Waals surface area contributed by atoms with Crippen molar-refractivity contribution in [3.05, 3.63) is 66.1 Å². The molecular weight excluding hydrogens is 405 g/mol. The molecule has 0 unspecified atom stereocenters. The molecule has 7 heteroatoms. The molecule has 0 radical (unpaired) electrons. The van der Waals surface area contributed by atoms with Crippen LogP contribution in [0.3, 0.4) is 0 Å². The van der Waals surface area contributed by atoms with Gasteiger partial charge in [0.25, 0.3) is 0 Å². The van der Waals surface area contributed by atoms with Crippen LogP contribution in [0.25, 0.3) is 28.0 Å². The first-order valence-corrected chi connectivity index (χ1v) is 10.9.